The fourth-order valence-corrected chi connectivity index (χ4v) is 1.74. The number of fused-ring (bicyclic) bond motifs is 1. The molecule has 96 valence electrons. The Bertz CT molecular complexity index is 588. The lowest BCUT2D eigenvalue weighted by molar-refractivity contribution is 0.0635. The van der Waals surface area contributed by atoms with Crippen molar-refractivity contribution in [1.82, 2.24) is 14.6 Å². The van der Waals surface area contributed by atoms with E-state index in [-0.39, 0.29) is 0 Å². The summed E-state index contributed by atoms with van der Waals surface area (Å²) >= 11 is 2.11. The van der Waals surface area contributed by atoms with Gasteiger partial charge in [-0.05, 0) is 55.5 Å². The second kappa shape index (κ2) is 4.71. The Morgan fingerprint density at radius 3 is 2.83 bits per heavy atom. The van der Waals surface area contributed by atoms with E-state index in [0.29, 0.717) is 11.5 Å². The van der Waals surface area contributed by atoms with Gasteiger partial charge in [-0.3, -0.25) is 5.32 Å². The fourth-order valence-electron chi connectivity index (χ4n) is 1.33. The molecular weight excluding hydrogens is 347 g/mol. The molecule has 2 rings (SSSR count). The molecule has 2 aromatic heterocycles. The summed E-state index contributed by atoms with van der Waals surface area (Å²) in [7, 11) is 0. The number of carbonyl (C=O) groups is 1. The molecule has 0 bridgehead atoms. The van der Waals surface area contributed by atoms with Crippen LogP contribution in [0.15, 0.2) is 18.3 Å². The van der Waals surface area contributed by atoms with Gasteiger partial charge in [0.25, 0.3) is 0 Å². The molecule has 2 heterocycles. The second-order valence-electron chi connectivity index (χ2n) is 4.71. The molecule has 0 saturated carbocycles. The number of aromatic nitrogens is 3. The van der Waals surface area contributed by atoms with Crippen LogP contribution in [0.25, 0.3) is 5.65 Å². The number of hydrogen-bond acceptors (Lipinski definition) is 4. The first kappa shape index (κ1) is 13.1. The molecule has 0 aliphatic heterocycles. The van der Waals surface area contributed by atoms with E-state index in [1.165, 1.54) is 0 Å². The van der Waals surface area contributed by atoms with Crippen molar-refractivity contribution in [2.75, 3.05) is 5.32 Å². The number of halogens is 1. The summed E-state index contributed by atoms with van der Waals surface area (Å²) in [5.41, 5.74) is 0.137. The van der Waals surface area contributed by atoms with Gasteiger partial charge in [-0.2, -0.15) is 5.10 Å². The Labute approximate surface area is 118 Å². The molecule has 6 nitrogen and oxygen atoms in total. The van der Waals surface area contributed by atoms with Gasteiger partial charge >= 0.3 is 6.09 Å². The first-order valence-corrected chi connectivity index (χ1v) is 6.43. The number of rotatable bonds is 1. The predicted molar refractivity (Wildman–Crippen MR) is 75.6 cm³/mol. The quantitative estimate of drug-likeness (QED) is 0.794. The van der Waals surface area contributed by atoms with Crippen LogP contribution in [-0.2, 0) is 4.74 Å². The van der Waals surface area contributed by atoms with Crippen molar-refractivity contribution >= 4 is 40.1 Å². The van der Waals surface area contributed by atoms with E-state index < -0.39 is 11.7 Å². The first-order valence-electron chi connectivity index (χ1n) is 5.35. The summed E-state index contributed by atoms with van der Waals surface area (Å²) < 4.78 is 7.59. The Kier molecular flexibility index (Phi) is 3.42. The van der Waals surface area contributed by atoms with Crippen molar-refractivity contribution in [2.45, 2.75) is 26.4 Å². The van der Waals surface area contributed by atoms with E-state index >= 15 is 0 Å². The fraction of sp³-hybridized carbons (Fsp3) is 0.364. The summed E-state index contributed by atoms with van der Waals surface area (Å²) in [4.78, 5) is 15.8. The number of nitrogens with one attached hydrogen (secondary N) is 1. The minimum Gasteiger partial charge on any atom is -0.444 e. The monoisotopic (exact) mass is 360 g/mol. The Hall–Kier alpha value is -1.38. The van der Waals surface area contributed by atoms with Gasteiger partial charge < -0.3 is 4.74 Å². The highest BCUT2D eigenvalue weighted by molar-refractivity contribution is 14.1. The average molecular weight is 360 g/mol. The zero-order valence-corrected chi connectivity index (χ0v) is 12.4. The van der Waals surface area contributed by atoms with E-state index in [1.807, 2.05) is 12.1 Å². The van der Waals surface area contributed by atoms with E-state index in [0.717, 1.165) is 3.70 Å². The maximum atomic E-state index is 11.6. The average Bonchev–Trinajstić information content (AvgIpc) is 2.55. The van der Waals surface area contributed by atoms with Crippen molar-refractivity contribution in [2.24, 2.45) is 0 Å². The smallest absolute Gasteiger partial charge is 0.413 e. The molecule has 0 aliphatic carbocycles. The van der Waals surface area contributed by atoms with Crippen LogP contribution in [0.4, 0.5) is 10.6 Å². The van der Waals surface area contributed by atoms with Crippen LogP contribution in [0.1, 0.15) is 20.8 Å². The lowest BCUT2D eigenvalue weighted by Gasteiger charge is -2.18. The Balaban J connectivity index is 2.15. The van der Waals surface area contributed by atoms with E-state index in [2.05, 4.69) is 38.0 Å². The van der Waals surface area contributed by atoms with E-state index in [9.17, 15) is 4.79 Å². The van der Waals surface area contributed by atoms with Crippen LogP contribution in [0.5, 0.6) is 0 Å². The van der Waals surface area contributed by atoms with Crippen LogP contribution in [0.2, 0.25) is 0 Å². The minimum absolute atomic E-state index is 0.416. The molecule has 2 aromatic rings. The highest BCUT2D eigenvalue weighted by atomic mass is 127. The van der Waals surface area contributed by atoms with Crippen LogP contribution in [-0.4, -0.2) is 26.3 Å². The number of ether oxygens (including phenoxy) is 1. The van der Waals surface area contributed by atoms with Crippen LogP contribution in [0, 0.1) is 3.70 Å². The highest BCUT2D eigenvalue weighted by Gasteiger charge is 2.17. The number of carbonyl (C=O) groups excluding carboxylic acids is 1. The number of nitrogens with zero attached hydrogens (tertiary/aromatic N) is 3. The Morgan fingerprint density at radius 1 is 1.44 bits per heavy atom. The van der Waals surface area contributed by atoms with Gasteiger partial charge in [0.1, 0.15) is 9.30 Å². The molecule has 18 heavy (non-hydrogen) atoms. The van der Waals surface area contributed by atoms with Crippen LogP contribution in [0.3, 0.4) is 0 Å². The summed E-state index contributed by atoms with van der Waals surface area (Å²) in [5.74, 6) is 0.416. The molecule has 0 aromatic carbocycles. The topological polar surface area (TPSA) is 68.5 Å². The predicted octanol–water partition coefficient (Wildman–Crippen LogP) is 2.68. The highest BCUT2D eigenvalue weighted by Crippen LogP contribution is 2.12. The van der Waals surface area contributed by atoms with Gasteiger partial charge in [0.2, 0.25) is 0 Å². The van der Waals surface area contributed by atoms with Crippen molar-refractivity contribution in [3.8, 4) is 0 Å². The Morgan fingerprint density at radius 2 is 2.17 bits per heavy atom. The summed E-state index contributed by atoms with van der Waals surface area (Å²) in [6, 6.07) is 3.68. The summed E-state index contributed by atoms with van der Waals surface area (Å²) in [6.07, 6.45) is 1.11. The van der Waals surface area contributed by atoms with Gasteiger partial charge in [-0.1, -0.05) is 0 Å². The lowest BCUT2D eigenvalue weighted by atomic mass is 10.2. The number of hydrogen-bond donors (Lipinski definition) is 1. The molecule has 1 amide bonds. The number of anilines is 1. The zero-order valence-electron chi connectivity index (χ0n) is 10.3. The number of imidazole rings is 1. The maximum absolute atomic E-state index is 11.6. The zero-order chi connectivity index (χ0) is 13.3. The van der Waals surface area contributed by atoms with Gasteiger partial charge in [-0.25, -0.2) is 14.3 Å². The van der Waals surface area contributed by atoms with Gasteiger partial charge in [0.05, 0.1) is 6.20 Å². The molecule has 0 saturated heterocycles. The molecule has 0 aliphatic rings. The molecule has 7 heteroatoms. The lowest BCUT2D eigenvalue weighted by Crippen LogP contribution is -2.27. The van der Waals surface area contributed by atoms with E-state index in [4.69, 9.17) is 4.74 Å². The minimum atomic E-state index is -0.531. The molecular formula is C11H13IN4O2. The van der Waals surface area contributed by atoms with E-state index in [1.54, 1.807) is 31.5 Å². The SMILES string of the molecule is CC(C)(C)OC(=O)Nc1cn2nc(I)ccc2n1. The third-order valence-electron chi connectivity index (χ3n) is 1.92. The van der Waals surface area contributed by atoms with Crippen LogP contribution < -0.4 is 5.32 Å². The molecule has 1 N–H and O–H groups in total. The maximum Gasteiger partial charge on any atom is 0.413 e. The van der Waals surface area contributed by atoms with Crippen molar-refractivity contribution in [3.63, 3.8) is 0 Å². The second-order valence-corrected chi connectivity index (χ2v) is 5.82. The third-order valence-corrected chi connectivity index (χ3v) is 2.49. The van der Waals surface area contributed by atoms with Gasteiger partial charge in [0.15, 0.2) is 11.5 Å². The number of amides is 1. The van der Waals surface area contributed by atoms with Gasteiger partial charge in [-0.15, -0.1) is 0 Å². The standard InChI is InChI=1S/C11H13IN4O2/c1-11(2,3)18-10(17)14-8-6-16-9(13-8)5-4-7(12)15-16/h4-6H,1-3H3,(H,14,17). The molecule has 0 unspecified atom stereocenters. The van der Waals surface area contributed by atoms with Crippen molar-refractivity contribution in [3.05, 3.63) is 22.0 Å². The largest absolute Gasteiger partial charge is 0.444 e. The summed E-state index contributed by atoms with van der Waals surface area (Å²) in [5, 5.41) is 6.80. The van der Waals surface area contributed by atoms with Crippen molar-refractivity contribution in [1.29, 1.82) is 0 Å². The molecule has 0 atom stereocenters. The normalized spacial score (nSPS) is 11.6. The molecule has 0 fully saturated rings. The molecule has 0 radical (unpaired) electrons. The summed E-state index contributed by atoms with van der Waals surface area (Å²) in [6.45, 7) is 5.42. The first-order chi connectivity index (χ1) is 8.33. The molecule has 0 spiro atoms. The van der Waals surface area contributed by atoms with Gasteiger partial charge in [0, 0.05) is 0 Å². The van der Waals surface area contributed by atoms with Crippen LogP contribution >= 0.6 is 22.6 Å². The van der Waals surface area contributed by atoms with Crippen molar-refractivity contribution < 1.29 is 9.53 Å². The third kappa shape index (κ3) is 3.31.